The number of para-hydroxylation sites is 1. The molecule has 0 aliphatic carbocycles. The third-order valence-electron chi connectivity index (χ3n) is 4.91. The van der Waals surface area contributed by atoms with Crippen molar-refractivity contribution in [1.29, 1.82) is 0 Å². The van der Waals surface area contributed by atoms with Crippen LogP contribution in [0.4, 0.5) is 13.2 Å². The van der Waals surface area contributed by atoms with Crippen LogP contribution in [0.3, 0.4) is 0 Å². The summed E-state index contributed by atoms with van der Waals surface area (Å²) < 4.78 is 32.8. The molecule has 0 aliphatic heterocycles. The number of halogens is 3. The van der Waals surface area contributed by atoms with Gasteiger partial charge in [-0.2, -0.15) is 13.2 Å². The van der Waals surface area contributed by atoms with Crippen LogP contribution in [-0.2, 0) is 17.9 Å². The lowest BCUT2D eigenvalue weighted by atomic mass is 10.0. The maximum atomic E-state index is 13.4. The second kappa shape index (κ2) is 11.7. The lowest BCUT2D eigenvalue weighted by Crippen LogP contribution is -2.28. The maximum Gasteiger partial charge on any atom is 0.490 e. The van der Waals surface area contributed by atoms with Crippen LogP contribution in [0.2, 0.25) is 0 Å². The predicted octanol–water partition coefficient (Wildman–Crippen LogP) is 5.10. The maximum absolute atomic E-state index is 13.4. The van der Waals surface area contributed by atoms with E-state index in [1.165, 1.54) is 11.3 Å². The average Bonchev–Trinajstić information content (AvgIpc) is 3.29. The van der Waals surface area contributed by atoms with E-state index in [0.29, 0.717) is 18.1 Å². The topological polar surface area (TPSA) is 105 Å². The van der Waals surface area contributed by atoms with Gasteiger partial charge in [0.15, 0.2) is 5.01 Å². The van der Waals surface area contributed by atoms with Gasteiger partial charge in [0.1, 0.15) is 0 Å². The van der Waals surface area contributed by atoms with Crippen molar-refractivity contribution in [3.63, 3.8) is 0 Å². The fourth-order valence-corrected chi connectivity index (χ4v) is 4.06. The molecule has 1 heterocycles. The number of thiazole rings is 1. The summed E-state index contributed by atoms with van der Waals surface area (Å²) in [7, 11) is 0. The number of rotatable bonds is 7. The normalized spacial score (nSPS) is 12.0. The fourth-order valence-electron chi connectivity index (χ4n) is 3.12. The van der Waals surface area contributed by atoms with E-state index in [9.17, 15) is 18.0 Å². The summed E-state index contributed by atoms with van der Waals surface area (Å²) in [5.41, 5.74) is 9.65. The molecule has 4 N–H and O–H groups in total. The number of Topliss-reactive ketones (excluding diaryl/α,β-unsaturated/α-hetero) is 1. The number of hydrogen-bond donors (Lipinski definition) is 3. The first-order chi connectivity index (χ1) is 16.7. The van der Waals surface area contributed by atoms with Crippen molar-refractivity contribution in [3.8, 4) is 0 Å². The molecule has 6 nitrogen and oxygen atoms in total. The molecule has 35 heavy (non-hydrogen) atoms. The highest BCUT2D eigenvalue weighted by atomic mass is 32.1. The summed E-state index contributed by atoms with van der Waals surface area (Å²) in [6.45, 7) is 1.08. The van der Waals surface area contributed by atoms with Gasteiger partial charge in [0.05, 0.1) is 16.3 Å². The third-order valence-corrected chi connectivity index (χ3v) is 5.96. The molecule has 1 unspecified atom stereocenters. The summed E-state index contributed by atoms with van der Waals surface area (Å²) in [6.07, 6.45) is -5.08. The van der Waals surface area contributed by atoms with Crippen LogP contribution in [-0.4, -0.2) is 28.0 Å². The molecule has 0 radical (unpaired) electrons. The van der Waals surface area contributed by atoms with Gasteiger partial charge in [0.2, 0.25) is 5.78 Å². The lowest BCUT2D eigenvalue weighted by Gasteiger charge is -2.17. The molecule has 1 atom stereocenters. The van der Waals surface area contributed by atoms with Crippen LogP contribution in [0.25, 0.3) is 10.2 Å². The first-order valence-corrected chi connectivity index (χ1v) is 11.3. The number of ketones is 1. The van der Waals surface area contributed by atoms with Crippen molar-refractivity contribution in [3.05, 3.63) is 101 Å². The van der Waals surface area contributed by atoms with Crippen molar-refractivity contribution in [2.45, 2.75) is 25.3 Å². The number of aliphatic carboxylic acids is 1. The molecule has 0 bridgehead atoms. The van der Waals surface area contributed by atoms with E-state index in [4.69, 9.17) is 15.6 Å². The number of benzene rings is 3. The molecule has 1 aromatic heterocycles. The smallest absolute Gasteiger partial charge is 0.475 e. The van der Waals surface area contributed by atoms with E-state index in [0.717, 1.165) is 26.9 Å². The molecule has 0 saturated heterocycles. The number of nitrogens with zero attached hydrogens (tertiary/aromatic N) is 1. The summed E-state index contributed by atoms with van der Waals surface area (Å²) >= 11 is 1.44. The van der Waals surface area contributed by atoms with Crippen molar-refractivity contribution in [2.24, 2.45) is 5.73 Å². The Balaban J connectivity index is 0.000000429. The standard InChI is InChI=1S/C23H21N3OS.C2HF3O2/c24-14-16-10-12-18(13-11-16)21(25-15-17-6-2-1-3-7-17)22(27)23-26-19-8-4-5-9-20(19)28-23;3-2(4,5)1(6)7/h1-13,21,25H,14-15,24H2;(H,6,7). The number of hydrogen-bond acceptors (Lipinski definition) is 6. The van der Waals surface area contributed by atoms with Crippen LogP contribution in [0.1, 0.15) is 32.5 Å². The molecule has 3 aromatic carbocycles. The minimum absolute atomic E-state index is 0.0161. The Labute approximate surface area is 203 Å². The SMILES string of the molecule is NCc1ccc(C(NCc2ccccc2)C(=O)c2nc3ccccc3s2)cc1.O=C(O)C(F)(F)F. The zero-order chi connectivity index (χ0) is 25.4. The number of aromatic nitrogens is 1. The third kappa shape index (κ3) is 7.19. The van der Waals surface area contributed by atoms with Crippen LogP contribution in [0.5, 0.6) is 0 Å². The van der Waals surface area contributed by atoms with Gasteiger partial charge in [-0.25, -0.2) is 9.78 Å². The number of carbonyl (C=O) groups excluding carboxylic acids is 1. The zero-order valence-electron chi connectivity index (χ0n) is 18.3. The minimum atomic E-state index is -5.08. The van der Waals surface area contributed by atoms with E-state index in [1.54, 1.807) is 0 Å². The van der Waals surface area contributed by atoms with Crippen LogP contribution < -0.4 is 11.1 Å². The Morgan fingerprint density at radius 2 is 1.54 bits per heavy atom. The Morgan fingerprint density at radius 1 is 0.943 bits per heavy atom. The first-order valence-electron chi connectivity index (χ1n) is 10.4. The molecule has 0 aliphatic rings. The van der Waals surface area contributed by atoms with Crippen molar-refractivity contribution in [2.75, 3.05) is 0 Å². The van der Waals surface area contributed by atoms with E-state index in [-0.39, 0.29) is 5.78 Å². The first kappa shape index (κ1) is 26.0. The second-order valence-corrected chi connectivity index (χ2v) is 8.43. The minimum Gasteiger partial charge on any atom is -0.475 e. The van der Waals surface area contributed by atoms with Crippen LogP contribution in [0, 0.1) is 0 Å². The van der Waals surface area contributed by atoms with Crippen molar-refractivity contribution >= 4 is 33.3 Å². The quantitative estimate of drug-likeness (QED) is 0.304. The van der Waals surface area contributed by atoms with Crippen LogP contribution in [0.15, 0.2) is 78.9 Å². The highest BCUT2D eigenvalue weighted by Crippen LogP contribution is 2.27. The summed E-state index contributed by atoms with van der Waals surface area (Å²) in [4.78, 5) is 26.8. The molecule has 0 amide bonds. The van der Waals surface area contributed by atoms with E-state index in [2.05, 4.69) is 10.3 Å². The molecular weight excluding hydrogens is 479 g/mol. The molecule has 0 saturated carbocycles. The monoisotopic (exact) mass is 501 g/mol. The van der Waals surface area contributed by atoms with Gasteiger partial charge in [-0.05, 0) is 28.8 Å². The van der Waals surface area contributed by atoms with Gasteiger partial charge in [0.25, 0.3) is 0 Å². The highest BCUT2D eigenvalue weighted by molar-refractivity contribution is 7.20. The van der Waals surface area contributed by atoms with Crippen molar-refractivity contribution in [1.82, 2.24) is 10.3 Å². The Morgan fingerprint density at radius 3 is 2.11 bits per heavy atom. The zero-order valence-corrected chi connectivity index (χ0v) is 19.1. The largest absolute Gasteiger partial charge is 0.490 e. The summed E-state index contributed by atoms with van der Waals surface area (Å²) in [6, 6.07) is 25.3. The van der Waals surface area contributed by atoms with Gasteiger partial charge in [-0.15, -0.1) is 11.3 Å². The molecule has 4 aromatic rings. The van der Waals surface area contributed by atoms with Gasteiger partial charge in [0, 0.05) is 13.1 Å². The average molecular weight is 502 g/mol. The van der Waals surface area contributed by atoms with Gasteiger partial charge >= 0.3 is 12.1 Å². The number of fused-ring (bicyclic) bond motifs is 1. The molecule has 0 fully saturated rings. The van der Waals surface area contributed by atoms with E-state index in [1.807, 2.05) is 78.9 Å². The van der Waals surface area contributed by atoms with Crippen LogP contribution >= 0.6 is 11.3 Å². The fraction of sp³-hybridized carbons (Fsp3) is 0.160. The molecule has 10 heteroatoms. The van der Waals surface area contributed by atoms with E-state index < -0.39 is 18.2 Å². The number of carboxylic acid groups (broad SMARTS) is 1. The Hall–Kier alpha value is -3.60. The Bertz CT molecular complexity index is 1240. The Kier molecular flexibility index (Phi) is 8.69. The number of carbonyl (C=O) groups is 2. The van der Waals surface area contributed by atoms with Gasteiger partial charge in [-0.3, -0.25) is 10.1 Å². The lowest BCUT2D eigenvalue weighted by molar-refractivity contribution is -0.192. The second-order valence-electron chi connectivity index (χ2n) is 7.40. The number of nitrogens with one attached hydrogen (secondary N) is 1. The molecular formula is C25H22F3N3O3S. The highest BCUT2D eigenvalue weighted by Gasteiger charge is 2.38. The predicted molar refractivity (Wildman–Crippen MR) is 128 cm³/mol. The van der Waals surface area contributed by atoms with Gasteiger partial charge in [-0.1, -0.05) is 66.7 Å². The van der Waals surface area contributed by atoms with Gasteiger partial charge < -0.3 is 10.8 Å². The van der Waals surface area contributed by atoms with E-state index >= 15 is 0 Å². The van der Waals surface area contributed by atoms with Crippen molar-refractivity contribution < 1.29 is 27.9 Å². The number of alkyl halides is 3. The summed E-state index contributed by atoms with van der Waals surface area (Å²) in [5, 5.41) is 11.1. The number of nitrogens with two attached hydrogens (primary N) is 1. The molecule has 0 spiro atoms. The number of carboxylic acids is 1. The molecule has 4 rings (SSSR count). The molecule has 182 valence electrons. The summed E-state index contributed by atoms with van der Waals surface area (Å²) in [5.74, 6) is -2.77.